The van der Waals surface area contributed by atoms with E-state index in [0.29, 0.717) is 28.3 Å². The number of ether oxygens (including phenoxy) is 1. The molecule has 0 bridgehead atoms. The Hall–Kier alpha value is -3.94. The highest BCUT2D eigenvalue weighted by atomic mass is 19.1. The van der Waals surface area contributed by atoms with Gasteiger partial charge in [-0.2, -0.15) is 5.10 Å². The Morgan fingerprint density at radius 1 is 1.17 bits per heavy atom. The highest BCUT2D eigenvalue weighted by Gasteiger charge is 2.21. The van der Waals surface area contributed by atoms with Gasteiger partial charge in [-0.1, -0.05) is 41.6 Å². The second-order valence-electron chi connectivity index (χ2n) is 6.64. The van der Waals surface area contributed by atoms with Crippen molar-refractivity contribution >= 4 is 11.6 Å². The summed E-state index contributed by atoms with van der Waals surface area (Å²) in [6.45, 7) is 2.12. The highest BCUT2D eigenvalue weighted by molar-refractivity contribution is 6.03. The zero-order chi connectivity index (χ0) is 20.9. The van der Waals surface area contributed by atoms with Crippen molar-refractivity contribution in [1.29, 1.82) is 0 Å². The largest absolute Gasteiger partial charge is 0.489 e. The zero-order valence-corrected chi connectivity index (χ0v) is 16.2. The molecule has 0 atom stereocenters. The lowest BCUT2D eigenvalue weighted by Gasteiger charge is -2.06. The minimum absolute atomic E-state index is 0.144. The maximum atomic E-state index is 13.8. The zero-order valence-electron chi connectivity index (χ0n) is 16.2. The first-order valence-electron chi connectivity index (χ1n) is 9.30. The van der Waals surface area contributed by atoms with E-state index in [9.17, 15) is 9.18 Å². The van der Waals surface area contributed by atoms with Crippen molar-refractivity contribution in [2.24, 2.45) is 0 Å². The third kappa shape index (κ3) is 4.38. The average molecular weight is 406 g/mol. The number of carbonyl (C=O) groups excluding carboxylic acids is 1. The van der Waals surface area contributed by atoms with Crippen molar-refractivity contribution in [2.45, 2.75) is 20.1 Å². The summed E-state index contributed by atoms with van der Waals surface area (Å²) in [7, 11) is 0. The molecule has 1 N–H and O–H groups in total. The van der Waals surface area contributed by atoms with Crippen molar-refractivity contribution in [3.05, 3.63) is 95.4 Å². The molecule has 1 amide bonds. The Morgan fingerprint density at radius 3 is 2.73 bits per heavy atom. The van der Waals surface area contributed by atoms with E-state index in [1.54, 1.807) is 36.0 Å². The van der Waals surface area contributed by atoms with Crippen LogP contribution >= 0.6 is 0 Å². The van der Waals surface area contributed by atoms with Crippen LogP contribution in [0, 0.1) is 12.7 Å². The number of amides is 1. The molecule has 4 rings (SSSR count). The van der Waals surface area contributed by atoms with Crippen LogP contribution in [-0.2, 0) is 13.2 Å². The number of nitrogens with one attached hydrogen (secondary N) is 1. The van der Waals surface area contributed by atoms with Gasteiger partial charge in [-0.15, -0.1) is 0 Å². The van der Waals surface area contributed by atoms with Gasteiger partial charge >= 0.3 is 0 Å². The minimum Gasteiger partial charge on any atom is -0.489 e. The van der Waals surface area contributed by atoms with Gasteiger partial charge < -0.3 is 14.6 Å². The number of anilines is 1. The minimum atomic E-state index is -0.441. The standard InChI is InChI=1S/C22H19FN4O3/c1-15-19(14-29-18-8-3-2-4-9-18)21(26-30-15)22(28)25-17-11-24-27(13-17)12-16-7-5-6-10-20(16)23/h2-11,13H,12,14H2,1H3,(H,25,28). The summed E-state index contributed by atoms with van der Waals surface area (Å²) in [6, 6.07) is 15.7. The molecule has 8 heteroatoms. The predicted molar refractivity (Wildman–Crippen MR) is 108 cm³/mol. The van der Waals surface area contributed by atoms with Crippen LogP contribution in [0.3, 0.4) is 0 Å². The Kier molecular flexibility index (Phi) is 5.56. The molecule has 2 aromatic heterocycles. The Balaban J connectivity index is 1.43. The van der Waals surface area contributed by atoms with Crippen LogP contribution in [0.15, 0.2) is 71.5 Å². The summed E-state index contributed by atoms with van der Waals surface area (Å²) in [5.74, 6) is 0.439. The molecule has 152 valence electrons. The fraction of sp³-hybridized carbons (Fsp3) is 0.136. The maximum Gasteiger partial charge on any atom is 0.278 e. The van der Waals surface area contributed by atoms with Crippen LogP contribution in [-0.4, -0.2) is 20.8 Å². The van der Waals surface area contributed by atoms with Gasteiger partial charge in [0.05, 0.1) is 24.0 Å². The maximum absolute atomic E-state index is 13.8. The molecule has 0 unspecified atom stereocenters. The molecule has 0 saturated heterocycles. The van der Waals surface area contributed by atoms with E-state index >= 15 is 0 Å². The molecule has 2 aromatic carbocycles. The number of rotatable bonds is 7. The van der Waals surface area contributed by atoms with E-state index in [1.165, 1.54) is 12.3 Å². The Labute approximate surface area is 172 Å². The second kappa shape index (κ2) is 8.60. The van der Waals surface area contributed by atoms with Crippen LogP contribution in [0.4, 0.5) is 10.1 Å². The fourth-order valence-electron chi connectivity index (χ4n) is 2.92. The van der Waals surface area contributed by atoms with Gasteiger partial charge in [-0.25, -0.2) is 4.39 Å². The number of benzene rings is 2. The first kappa shape index (κ1) is 19.4. The van der Waals surface area contributed by atoms with E-state index in [0.717, 1.165) is 0 Å². The number of aromatic nitrogens is 3. The normalized spacial score (nSPS) is 10.7. The molecule has 0 aliphatic carbocycles. The van der Waals surface area contributed by atoms with Gasteiger partial charge in [0.25, 0.3) is 5.91 Å². The van der Waals surface area contributed by atoms with Crippen molar-refractivity contribution in [1.82, 2.24) is 14.9 Å². The topological polar surface area (TPSA) is 82.2 Å². The SMILES string of the molecule is Cc1onc(C(=O)Nc2cnn(Cc3ccccc3F)c2)c1COc1ccccc1. The van der Waals surface area contributed by atoms with Crippen molar-refractivity contribution in [2.75, 3.05) is 5.32 Å². The summed E-state index contributed by atoms with van der Waals surface area (Å²) in [5, 5.41) is 10.8. The summed E-state index contributed by atoms with van der Waals surface area (Å²) < 4.78 is 26.3. The lowest BCUT2D eigenvalue weighted by atomic mass is 10.2. The molecule has 0 aliphatic heterocycles. The van der Waals surface area contributed by atoms with E-state index in [2.05, 4.69) is 15.6 Å². The highest BCUT2D eigenvalue weighted by Crippen LogP contribution is 2.19. The molecule has 0 spiro atoms. The number of aryl methyl sites for hydroxylation is 1. The van der Waals surface area contributed by atoms with E-state index < -0.39 is 5.91 Å². The van der Waals surface area contributed by atoms with Crippen LogP contribution in [0.5, 0.6) is 5.75 Å². The van der Waals surface area contributed by atoms with Crippen molar-refractivity contribution < 1.29 is 18.4 Å². The van der Waals surface area contributed by atoms with E-state index in [-0.39, 0.29) is 24.7 Å². The Bertz CT molecular complexity index is 1150. The fourth-order valence-corrected chi connectivity index (χ4v) is 2.92. The summed E-state index contributed by atoms with van der Waals surface area (Å²) in [5.41, 5.74) is 1.68. The van der Waals surface area contributed by atoms with Gasteiger partial charge in [0.2, 0.25) is 0 Å². The van der Waals surface area contributed by atoms with Gasteiger partial charge in [0.15, 0.2) is 5.69 Å². The smallest absolute Gasteiger partial charge is 0.278 e. The molecular formula is C22H19FN4O3. The summed E-state index contributed by atoms with van der Waals surface area (Å²) in [6.07, 6.45) is 3.11. The molecular weight excluding hydrogens is 387 g/mol. The quantitative estimate of drug-likeness (QED) is 0.497. The van der Waals surface area contributed by atoms with Crippen LogP contribution < -0.4 is 10.1 Å². The molecule has 7 nitrogen and oxygen atoms in total. The Morgan fingerprint density at radius 2 is 1.93 bits per heavy atom. The molecule has 0 saturated carbocycles. The van der Waals surface area contributed by atoms with Crippen LogP contribution in [0.2, 0.25) is 0 Å². The number of halogens is 1. The van der Waals surface area contributed by atoms with E-state index in [4.69, 9.17) is 9.26 Å². The first-order chi connectivity index (χ1) is 14.6. The van der Waals surface area contributed by atoms with Gasteiger partial charge in [0.1, 0.15) is 23.9 Å². The molecule has 2 heterocycles. The summed E-state index contributed by atoms with van der Waals surface area (Å²) in [4.78, 5) is 12.7. The average Bonchev–Trinajstić information content (AvgIpc) is 3.35. The number of hydrogen-bond acceptors (Lipinski definition) is 5. The number of hydrogen-bond donors (Lipinski definition) is 1. The molecule has 4 aromatic rings. The first-order valence-corrected chi connectivity index (χ1v) is 9.30. The van der Waals surface area contributed by atoms with Gasteiger partial charge in [-0.05, 0) is 25.1 Å². The number of carbonyl (C=O) groups is 1. The molecule has 0 radical (unpaired) electrons. The molecule has 0 fully saturated rings. The van der Waals surface area contributed by atoms with Crippen LogP contribution in [0.1, 0.15) is 27.4 Å². The lowest BCUT2D eigenvalue weighted by Crippen LogP contribution is -2.15. The van der Waals surface area contributed by atoms with Crippen molar-refractivity contribution in [3.63, 3.8) is 0 Å². The second-order valence-corrected chi connectivity index (χ2v) is 6.64. The number of para-hydroxylation sites is 1. The lowest BCUT2D eigenvalue weighted by molar-refractivity contribution is 0.101. The van der Waals surface area contributed by atoms with Crippen LogP contribution in [0.25, 0.3) is 0 Å². The van der Waals surface area contributed by atoms with Crippen molar-refractivity contribution in [3.8, 4) is 5.75 Å². The summed E-state index contributed by atoms with van der Waals surface area (Å²) >= 11 is 0. The number of nitrogens with zero attached hydrogens (tertiary/aromatic N) is 3. The predicted octanol–water partition coefficient (Wildman–Crippen LogP) is 4.20. The van der Waals surface area contributed by atoms with Gasteiger partial charge in [-0.3, -0.25) is 9.48 Å². The molecule has 0 aliphatic rings. The monoisotopic (exact) mass is 406 g/mol. The third-order valence-electron chi connectivity index (χ3n) is 4.51. The van der Waals surface area contributed by atoms with Gasteiger partial charge in [0, 0.05) is 11.8 Å². The van der Waals surface area contributed by atoms with E-state index in [1.807, 2.05) is 30.3 Å². The third-order valence-corrected chi connectivity index (χ3v) is 4.51. The molecule has 30 heavy (non-hydrogen) atoms.